The molecule has 0 spiro atoms. The largest absolute Gasteiger partial charge is 0.266 e. The first-order chi connectivity index (χ1) is 8.62. The highest BCUT2D eigenvalue weighted by atomic mass is 35.5. The lowest BCUT2D eigenvalue weighted by atomic mass is 10.1. The second-order valence-electron chi connectivity index (χ2n) is 3.70. The predicted octanol–water partition coefficient (Wildman–Crippen LogP) is 1.63. The quantitative estimate of drug-likeness (QED) is 0.820. The van der Waals surface area contributed by atoms with Crippen molar-refractivity contribution in [2.45, 2.75) is 17.5 Å². The summed E-state index contributed by atoms with van der Waals surface area (Å²) in [5.74, 6) is 0.445. The van der Waals surface area contributed by atoms with Gasteiger partial charge < -0.3 is 0 Å². The molecule has 0 saturated heterocycles. The van der Waals surface area contributed by atoms with Crippen molar-refractivity contribution in [3.8, 4) is 0 Å². The molecule has 0 atom stereocenters. The van der Waals surface area contributed by atoms with Gasteiger partial charge in [0.2, 0.25) is 0 Å². The fraction of sp³-hybridized carbons (Fsp3) is 0.182. The van der Waals surface area contributed by atoms with Gasteiger partial charge in [-0.2, -0.15) is 5.10 Å². The maximum Gasteiger partial charge on any atom is 0.257 e. The Bertz CT molecular complexity index is 594. The van der Waals surface area contributed by atoms with Gasteiger partial charge in [0.1, 0.15) is 0 Å². The molecule has 0 bridgehead atoms. The summed E-state index contributed by atoms with van der Waals surface area (Å²) in [6, 6.07) is 8.82. The zero-order valence-corrected chi connectivity index (χ0v) is 11.0. The standard InChI is InChI=1S/C11H12ClN3O2S/c12-7-9-1-3-10(4-2-9)8-14-18(16,17)11-5-6-13-15-11/h1-6,14H,7-8H2,(H,13,15). The average Bonchev–Trinajstić information content (AvgIpc) is 2.92. The van der Waals surface area contributed by atoms with E-state index in [0.717, 1.165) is 11.1 Å². The summed E-state index contributed by atoms with van der Waals surface area (Å²) in [6.07, 6.45) is 1.39. The van der Waals surface area contributed by atoms with Crippen LogP contribution in [-0.4, -0.2) is 18.6 Å². The number of H-pyrrole nitrogens is 1. The second kappa shape index (κ2) is 5.51. The number of aromatic nitrogens is 2. The normalized spacial score (nSPS) is 11.6. The van der Waals surface area contributed by atoms with Crippen LogP contribution in [-0.2, 0) is 22.4 Å². The molecule has 1 aromatic heterocycles. The molecular formula is C11H12ClN3O2S. The molecule has 7 heteroatoms. The van der Waals surface area contributed by atoms with Crippen LogP contribution in [0.3, 0.4) is 0 Å². The van der Waals surface area contributed by atoms with Gasteiger partial charge in [0.25, 0.3) is 10.0 Å². The molecule has 0 aliphatic rings. The Morgan fingerprint density at radius 2 is 1.83 bits per heavy atom. The summed E-state index contributed by atoms with van der Waals surface area (Å²) < 4.78 is 26.1. The van der Waals surface area contributed by atoms with Crippen molar-refractivity contribution in [1.82, 2.24) is 14.9 Å². The van der Waals surface area contributed by atoms with Gasteiger partial charge in [-0.15, -0.1) is 11.6 Å². The van der Waals surface area contributed by atoms with Gasteiger partial charge >= 0.3 is 0 Å². The predicted molar refractivity (Wildman–Crippen MR) is 68.6 cm³/mol. The molecule has 0 fully saturated rings. The van der Waals surface area contributed by atoms with Crippen LogP contribution in [0.1, 0.15) is 11.1 Å². The molecule has 0 amide bonds. The van der Waals surface area contributed by atoms with Gasteiger partial charge in [-0.05, 0) is 17.2 Å². The lowest BCUT2D eigenvalue weighted by molar-refractivity contribution is 0.577. The molecule has 2 N–H and O–H groups in total. The minimum absolute atomic E-state index is 0.0554. The molecule has 2 aromatic rings. The summed E-state index contributed by atoms with van der Waals surface area (Å²) in [5, 5.41) is 6.08. The summed E-state index contributed by atoms with van der Waals surface area (Å²) in [5.41, 5.74) is 1.86. The van der Waals surface area contributed by atoms with Crippen molar-refractivity contribution < 1.29 is 8.42 Å². The fourth-order valence-corrected chi connectivity index (χ4v) is 2.50. The number of aromatic amines is 1. The van der Waals surface area contributed by atoms with E-state index in [9.17, 15) is 8.42 Å². The summed E-state index contributed by atoms with van der Waals surface area (Å²) in [4.78, 5) is 0. The molecule has 0 aliphatic carbocycles. The Morgan fingerprint density at radius 1 is 1.17 bits per heavy atom. The summed E-state index contributed by atoms with van der Waals surface area (Å²) in [6.45, 7) is 0.226. The highest BCUT2D eigenvalue weighted by Crippen LogP contribution is 2.08. The van der Waals surface area contributed by atoms with E-state index >= 15 is 0 Å². The van der Waals surface area contributed by atoms with Gasteiger partial charge in [0, 0.05) is 12.4 Å². The van der Waals surface area contributed by atoms with Crippen LogP contribution in [0.2, 0.25) is 0 Å². The van der Waals surface area contributed by atoms with E-state index in [-0.39, 0.29) is 11.6 Å². The number of alkyl halides is 1. The SMILES string of the molecule is O=S(=O)(NCc1ccc(CCl)cc1)c1ccn[nH]1. The van der Waals surface area contributed by atoms with Crippen molar-refractivity contribution in [3.05, 3.63) is 47.7 Å². The number of rotatable bonds is 5. The lowest BCUT2D eigenvalue weighted by Crippen LogP contribution is -2.23. The average molecular weight is 286 g/mol. The summed E-state index contributed by atoms with van der Waals surface area (Å²) in [7, 11) is -3.52. The number of benzene rings is 1. The molecule has 0 radical (unpaired) electrons. The van der Waals surface area contributed by atoms with Crippen molar-refractivity contribution >= 4 is 21.6 Å². The van der Waals surface area contributed by atoms with E-state index in [2.05, 4.69) is 14.9 Å². The van der Waals surface area contributed by atoms with Crippen LogP contribution in [0.5, 0.6) is 0 Å². The number of nitrogens with one attached hydrogen (secondary N) is 2. The monoisotopic (exact) mass is 285 g/mol. The second-order valence-corrected chi connectivity index (χ2v) is 5.70. The van der Waals surface area contributed by atoms with Gasteiger partial charge in [-0.3, -0.25) is 5.10 Å². The lowest BCUT2D eigenvalue weighted by Gasteiger charge is -2.05. The maximum absolute atomic E-state index is 11.8. The highest BCUT2D eigenvalue weighted by molar-refractivity contribution is 7.89. The van der Waals surface area contributed by atoms with Gasteiger partial charge in [-0.25, -0.2) is 13.1 Å². The Balaban J connectivity index is 2.03. The Kier molecular flexibility index (Phi) is 4.00. The minimum Gasteiger partial charge on any atom is -0.266 e. The van der Waals surface area contributed by atoms with Crippen LogP contribution in [0.15, 0.2) is 41.6 Å². The molecule has 1 aromatic carbocycles. The van der Waals surface area contributed by atoms with Crippen molar-refractivity contribution in [2.24, 2.45) is 0 Å². The molecule has 0 saturated carbocycles. The van der Waals surface area contributed by atoms with Crippen LogP contribution in [0, 0.1) is 0 Å². The molecule has 96 valence electrons. The van der Waals surface area contributed by atoms with Crippen molar-refractivity contribution in [2.75, 3.05) is 0 Å². The van der Waals surface area contributed by atoms with E-state index in [1.807, 2.05) is 24.3 Å². The third-order valence-electron chi connectivity index (χ3n) is 2.41. The van der Waals surface area contributed by atoms with E-state index in [1.165, 1.54) is 12.3 Å². The number of sulfonamides is 1. The smallest absolute Gasteiger partial charge is 0.257 e. The van der Waals surface area contributed by atoms with Gasteiger partial charge in [0.05, 0.1) is 6.20 Å². The third-order valence-corrected chi connectivity index (χ3v) is 4.05. The van der Waals surface area contributed by atoms with E-state index in [0.29, 0.717) is 5.88 Å². The number of halogens is 1. The summed E-state index contributed by atoms with van der Waals surface area (Å²) >= 11 is 5.67. The first-order valence-electron chi connectivity index (χ1n) is 5.24. The van der Waals surface area contributed by atoms with E-state index in [4.69, 9.17) is 11.6 Å². The molecule has 2 rings (SSSR count). The van der Waals surface area contributed by atoms with Crippen molar-refractivity contribution in [3.63, 3.8) is 0 Å². The van der Waals surface area contributed by atoms with E-state index < -0.39 is 10.0 Å². The first kappa shape index (κ1) is 13.1. The molecule has 18 heavy (non-hydrogen) atoms. The Morgan fingerprint density at radius 3 is 2.39 bits per heavy atom. The number of hydrogen-bond acceptors (Lipinski definition) is 3. The first-order valence-corrected chi connectivity index (χ1v) is 7.26. The number of nitrogens with zero attached hydrogens (tertiary/aromatic N) is 1. The highest BCUT2D eigenvalue weighted by Gasteiger charge is 2.14. The number of hydrogen-bond donors (Lipinski definition) is 2. The Hall–Kier alpha value is -1.37. The third kappa shape index (κ3) is 3.10. The topological polar surface area (TPSA) is 74.8 Å². The van der Waals surface area contributed by atoms with Crippen LogP contribution >= 0.6 is 11.6 Å². The molecular weight excluding hydrogens is 274 g/mol. The molecule has 0 unspecified atom stereocenters. The van der Waals surface area contributed by atoms with Crippen LogP contribution < -0.4 is 4.72 Å². The molecule has 0 aliphatic heterocycles. The van der Waals surface area contributed by atoms with Crippen LogP contribution in [0.4, 0.5) is 0 Å². The molecule has 5 nitrogen and oxygen atoms in total. The van der Waals surface area contributed by atoms with Crippen molar-refractivity contribution in [1.29, 1.82) is 0 Å². The minimum atomic E-state index is -3.52. The van der Waals surface area contributed by atoms with Crippen LogP contribution in [0.25, 0.3) is 0 Å². The molecule has 1 heterocycles. The maximum atomic E-state index is 11.8. The fourth-order valence-electron chi connectivity index (χ4n) is 1.40. The van der Waals surface area contributed by atoms with Gasteiger partial charge in [-0.1, -0.05) is 24.3 Å². The van der Waals surface area contributed by atoms with Gasteiger partial charge in [0.15, 0.2) is 5.03 Å². The zero-order chi connectivity index (χ0) is 13.0. The zero-order valence-electron chi connectivity index (χ0n) is 9.43. The Labute approximate surface area is 110 Å². The van der Waals surface area contributed by atoms with E-state index in [1.54, 1.807) is 0 Å².